The predicted octanol–water partition coefficient (Wildman–Crippen LogP) is 4.61. The first-order valence-corrected chi connectivity index (χ1v) is 7.71. The third-order valence-corrected chi connectivity index (χ3v) is 4.21. The largest absolute Gasteiger partial charge is 0.573 e. The van der Waals surface area contributed by atoms with Crippen LogP contribution in [0.4, 0.5) is 13.2 Å². The summed E-state index contributed by atoms with van der Waals surface area (Å²) in [4.78, 5) is 14.1. The molecule has 0 spiro atoms. The summed E-state index contributed by atoms with van der Waals surface area (Å²) in [6, 6.07) is 3.81. The lowest BCUT2D eigenvalue weighted by atomic mass is 9.82. The zero-order chi connectivity index (χ0) is 16.5. The molecule has 0 atom stereocenters. The lowest BCUT2D eigenvalue weighted by molar-refractivity contribution is -0.274. The predicted molar refractivity (Wildman–Crippen MR) is 79.7 cm³/mol. The van der Waals surface area contributed by atoms with Crippen LogP contribution in [0.5, 0.6) is 5.75 Å². The highest BCUT2D eigenvalue weighted by Gasteiger charge is 2.32. The fraction of sp³-hybridized carbons (Fsp3) is 0.533. The summed E-state index contributed by atoms with van der Waals surface area (Å²) >= 11 is 3.11. The van der Waals surface area contributed by atoms with E-state index in [9.17, 15) is 18.0 Å². The number of hydrogen-bond acceptors (Lipinski definition) is 2. The van der Waals surface area contributed by atoms with Crippen molar-refractivity contribution in [1.82, 2.24) is 4.90 Å². The van der Waals surface area contributed by atoms with E-state index in [4.69, 9.17) is 0 Å². The minimum atomic E-state index is -4.78. The van der Waals surface area contributed by atoms with Crippen LogP contribution in [-0.4, -0.2) is 30.3 Å². The minimum absolute atomic E-state index is 0.188. The van der Waals surface area contributed by atoms with E-state index >= 15 is 0 Å². The number of carbonyl (C=O) groups excluding carboxylic acids is 1. The highest BCUT2D eigenvalue weighted by Crippen LogP contribution is 2.32. The van der Waals surface area contributed by atoms with E-state index in [1.54, 1.807) is 4.90 Å². The molecule has 1 aromatic rings. The van der Waals surface area contributed by atoms with Gasteiger partial charge in [0.2, 0.25) is 0 Å². The Kier molecular flexibility index (Phi) is 4.75. The van der Waals surface area contributed by atoms with Gasteiger partial charge in [0.1, 0.15) is 5.75 Å². The average molecular weight is 380 g/mol. The Morgan fingerprint density at radius 3 is 2.36 bits per heavy atom. The smallest absolute Gasteiger partial charge is 0.406 e. The molecule has 3 nitrogen and oxygen atoms in total. The van der Waals surface area contributed by atoms with Crippen molar-refractivity contribution < 1.29 is 22.7 Å². The van der Waals surface area contributed by atoms with Gasteiger partial charge < -0.3 is 9.64 Å². The van der Waals surface area contributed by atoms with Crippen molar-refractivity contribution in [1.29, 1.82) is 0 Å². The molecule has 1 amide bonds. The van der Waals surface area contributed by atoms with Crippen LogP contribution in [0.1, 0.15) is 37.0 Å². The number of ether oxygens (including phenoxy) is 1. The van der Waals surface area contributed by atoms with Gasteiger partial charge in [0.25, 0.3) is 5.91 Å². The second-order valence-electron chi connectivity index (χ2n) is 6.18. The third-order valence-electron chi connectivity index (χ3n) is 3.76. The molecule has 122 valence electrons. The maximum Gasteiger partial charge on any atom is 0.573 e. The summed E-state index contributed by atoms with van der Waals surface area (Å²) in [5.41, 5.74) is 0.381. The van der Waals surface area contributed by atoms with E-state index in [-0.39, 0.29) is 16.9 Å². The van der Waals surface area contributed by atoms with Gasteiger partial charge in [-0.25, -0.2) is 0 Å². The second kappa shape index (κ2) is 6.10. The highest BCUT2D eigenvalue weighted by atomic mass is 79.9. The zero-order valence-electron chi connectivity index (χ0n) is 12.3. The number of carbonyl (C=O) groups is 1. The molecule has 0 unspecified atom stereocenters. The van der Waals surface area contributed by atoms with Gasteiger partial charge in [-0.1, -0.05) is 29.8 Å². The molecule has 22 heavy (non-hydrogen) atoms. The number of rotatable bonds is 2. The highest BCUT2D eigenvalue weighted by molar-refractivity contribution is 9.10. The van der Waals surface area contributed by atoms with E-state index in [1.807, 2.05) is 0 Å². The van der Waals surface area contributed by atoms with Gasteiger partial charge in [-0.3, -0.25) is 4.79 Å². The Hall–Kier alpha value is -1.24. The first-order chi connectivity index (χ1) is 10.1. The molecule has 1 aliphatic heterocycles. The summed E-state index contributed by atoms with van der Waals surface area (Å²) in [7, 11) is 0. The number of halogens is 4. The van der Waals surface area contributed by atoms with Crippen LogP contribution in [-0.2, 0) is 0 Å². The maximum atomic E-state index is 12.4. The van der Waals surface area contributed by atoms with Gasteiger partial charge in [-0.05, 0) is 36.5 Å². The topological polar surface area (TPSA) is 29.5 Å². The van der Waals surface area contributed by atoms with Crippen LogP contribution in [0.15, 0.2) is 22.7 Å². The quantitative estimate of drug-likeness (QED) is 0.750. The molecule has 0 saturated carbocycles. The van der Waals surface area contributed by atoms with E-state index < -0.39 is 12.1 Å². The van der Waals surface area contributed by atoms with Crippen LogP contribution < -0.4 is 4.74 Å². The maximum absolute atomic E-state index is 12.4. The van der Waals surface area contributed by atoms with E-state index in [0.29, 0.717) is 17.6 Å². The molecule has 0 radical (unpaired) electrons. The first-order valence-electron chi connectivity index (χ1n) is 6.91. The lowest BCUT2D eigenvalue weighted by Gasteiger charge is -2.37. The Bertz CT molecular complexity index is 562. The fourth-order valence-electron chi connectivity index (χ4n) is 2.38. The van der Waals surface area contributed by atoms with E-state index in [2.05, 4.69) is 34.5 Å². The number of benzene rings is 1. The zero-order valence-corrected chi connectivity index (χ0v) is 13.9. The minimum Gasteiger partial charge on any atom is -0.406 e. The second-order valence-corrected chi connectivity index (χ2v) is 7.10. The van der Waals surface area contributed by atoms with Crippen LogP contribution in [0.2, 0.25) is 0 Å². The molecule has 0 aromatic heterocycles. The van der Waals surface area contributed by atoms with Crippen molar-refractivity contribution >= 4 is 21.8 Å². The fourth-order valence-corrected chi connectivity index (χ4v) is 2.85. The molecular formula is C15H17BrF3NO2. The molecule has 1 heterocycles. The molecule has 7 heteroatoms. The van der Waals surface area contributed by atoms with Crippen LogP contribution in [0, 0.1) is 5.41 Å². The molecule has 0 aliphatic carbocycles. The number of nitrogens with zero attached hydrogens (tertiary/aromatic N) is 1. The number of hydrogen-bond donors (Lipinski definition) is 0. The van der Waals surface area contributed by atoms with E-state index in [0.717, 1.165) is 18.9 Å². The number of piperidine rings is 1. The van der Waals surface area contributed by atoms with Gasteiger partial charge >= 0.3 is 6.36 Å². The van der Waals surface area contributed by atoms with Crippen molar-refractivity contribution in [2.45, 2.75) is 33.1 Å². The summed E-state index contributed by atoms with van der Waals surface area (Å²) in [5.74, 6) is -0.675. The van der Waals surface area contributed by atoms with E-state index in [1.165, 1.54) is 12.1 Å². The van der Waals surface area contributed by atoms with Crippen molar-refractivity contribution in [2.75, 3.05) is 13.1 Å². The Morgan fingerprint density at radius 2 is 1.82 bits per heavy atom. The SMILES string of the molecule is CC1(C)CCN(C(=O)c2cc(Br)cc(OC(F)(F)F)c2)CC1. The number of alkyl halides is 3. The van der Waals surface area contributed by atoms with Gasteiger partial charge in [0.05, 0.1) is 0 Å². The van der Waals surface area contributed by atoms with Gasteiger partial charge in [0, 0.05) is 23.1 Å². The summed E-state index contributed by atoms with van der Waals surface area (Å²) in [6.07, 6.45) is -3.03. The van der Waals surface area contributed by atoms with Crippen LogP contribution in [0.25, 0.3) is 0 Å². The molecular weight excluding hydrogens is 363 g/mol. The molecule has 1 aliphatic rings. The van der Waals surface area contributed by atoms with Crippen molar-refractivity contribution in [3.8, 4) is 5.75 Å². The summed E-state index contributed by atoms with van der Waals surface area (Å²) < 4.78 is 41.2. The molecule has 1 saturated heterocycles. The van der Waals surface area contributed by atoms with Gasteiger partial charge in [-0.2, -0.15) is 0 Å². The Balaban J connectivity index is 2.16. The van der Waals surface area contributed by atoms with Crippen LogP contribution in [0.3, 0.4) is 0 Å². The van der Waals surface area contributed by atoms with Gasteiger partial charge in [0.15, 0.2) is 0 Å². The first kappa shape index (κ1) is 17.1. The van der Waals surface area contributed by atoms with Crippen molar-refractivity contribution in [2.24, 2.45) is 5.41 Å². The van der Waals surface area contributed by atoms with Crippen molar-refractivity contribution in [3.63, 3.8) is 0 Å². The standard InChI is InChI=1S/C15H17BrF3NO2/c1-14(2)3-5-20(6-4-14)13(21)10-7-11(16)9-12(8-10)22-15(17,18)19/h7-9H,3-6H2,1-2H3. The Morgan fingerprint density at radius 1 is 1.23 bits per heavy atom. The average Bonchev–Trinajstić information content (AvgIpc) is 2.35. The normalized spacial score (nSPS) is 18.2. The molecule has 1 aromatic carbocycles. The Labute approximate surface area is 135 Å². The molecule has 1 fully saturated rings. The third kappa shape index (κ3) is 4.63. The summed E-state index contributed by atoms with van der Waals surface area (Å²) in [5, 5.41) is 0. The van der Waals surface area contributed by atoms with Crippen LogP contribution >= 0.6 is 15.9 Å². The van der Waals surface area contributed by atoms with Gasteiger partial charge in [-0.15, -0.1) is 13.2 Å². The van der Waals surface area contributed by atoms with Crippen molar-refractivity contribution in [3.05, 3.63) is 28.2 Å². The monoisotopic (exact) mass is 379 g/mol. The molecule has 0 bridgehead atoms. The molecule has 0 N–H and O–H groups in total. The number of amides is 1. The molecule has 2 rings (SSSR count). The summed E-state index contributed by atoms with van der Waals surface area (Å²) in [6.45, 7) is 5.49. The number of likely N-dealkylation sites (tertiary alicyclic amines) is 1. The lowest BCUT2D eigenvalue weighted by Crippen LogP contribution is -2.41.